The average Bonchev–Trinajstić information content (AvgIpc) is 2.90. The molecule has 1 aliphatic rings. The Hall–Kier alpha value is -1.86. The summed E-state index contributed by atoms with van der Waals surface area (Å²) in [6, 6.07) is 8.88. The molecule has 1 aromatic rings. The number of hydrogen-bond donors (Lipinski definition) is 1. The summed E-state index contributed by atoms with van der Waals surface area (Å²) in [5.74, 6) is -0.169. The Morgan fingerprint density at radius 2 is 2.22 bits per heavy atom. The number of nitriles is 1. The fourth-order valence-corrected chi connectivity index (χ4v) is 2.11. The highest BCUT2D eigenvalue weighted by Gasteiger charge is 2.16. The Bertz CT molecular complexity index is 459. The van der Waals surface area contributed by atoms with Crippen LogP contribution in [-0.2, 0) is 9.53 Å². The molecule has 0 radical (unpaired) electrons. The second kappa shape index (κ2) is 6.18. The van der Waals surface area contributed by atoms with Crippen molar-refractivity contribution < 1.29 is 9.53 Å². The first-order chi connectivity index (χ1) is 8.78. The van der Waals surface area contributed by atoms with Gasteiger partial charge in [0.15, 0.2) is 0 Å². The number of ether oxygens (including phenoxy) is 1. The number of carbonyl (C=O) groups is 1. The molecule has 0 aromatic heterocycles. The zero-order valence-corrected chi connectivity index (χ0v) is 10.2. The fourth-order valence-electron chi connectivity index (χ4n) is 2.11. The van der Waals surface area contributed by atoms with Crippen LogP contribution in [0.1, 0.15) is 31.2 Å². The van der Waals surface area contributed by atoms with Crippen LogP contribution in [0.3, 0.4) is 0 Å². The molecule has 18 heavy (non-hydrogen) atoms. The molecule has 0 atom stereocenters. The molecule has 0 aliphatic heterocycles. The molecule has 0 bridgehead atoms. The van der Waals surface area contributed by atoms with Crippen LogP contribution in [0.5, 0.6) is 0 Å². The van der Waals surface area contributed by atoms with Crippen molar-refractivity contribution in [3.63, 3.8) is 0 Å². The summed E-state index contributed by atoms with van der Waals surface area (Å²) in [7, 11) is 0. The van der Waals surface area contributed by atoms with Gasteiger partial charge in [-0.15, -0.1) is 0 Å². The standard InChI is InChI=1S/C14H16N2O2/c15-9-11-4-3-5-12(8-11)16-14(17)10-18-13-6-1-2-7-13/h3-5,8,13H,1-2,6-7,10H2,(H,16,17). The van der Waals surface area contributed by atoms with Gasteiger partial charge in [0, 0.05) is 5.69 Å². The van der Waals surface area contributed by atoms with Crippen LogP contribution < -0.4 is 5.32 Å². The summed E-state index contributed by atoms with van der Waals surface area (Å²) < 4.78 is 5.52. The van der Waals surface area contributed by atoms with Crippen LogP contribution in [0.4, 0.5) is 5.69 Å². The molecule has 0 heterocycles. The molecule has 1 fully saturated rings. The van der Waals surface area contributed by atoms with Gasteiger partial charge in [-0.3, -0.25) is 4.79 Å². The molecule has 1 amide bonds. The molecule has 0 unspecified atom stereocenters. The average molecular weight is 244 g/mol. The van der Waals surface area contributed by atoms with Gasteiger partial charge in [-0.2, -0.15) is 5.26 Å². The third kappa shape index (κ3) is 3.57. The molecule has 94 valence electrons. The quantitative estimate of drug-likeness (QED) is 0.884. The van der Waals surface area contributed by atoms with Crippen molar-refractivity contribution in [2.24, 2.45) is 0 Å². The minimum absolute atomic E-state index is 0.0848. The van der Waals surface area contributed by atoms with Crippen LogP contribution in [0, 0.1) is 11.3 Å². The molecular weight excluding hydrogens is 228 g/mol. The first-order valence-corrected chi connectivity index (χ1v) is 6.19. The van der Waals surface area contributed by atoms with E-state index in [0.717, 1.165) is 12.8 Å². The first kappa shape index (κ1) is 12.6. The lowest BCUT2D eigenvalue weighted by molar-refractivity contribution is -0.122. The van der Waals surface area contributed by atoms with E-state index in [4.69, 9.17) is 10.00 Å². The summed E-state index contributed by atoms with van der Waals surface area (Å²) in [5, 5.41) is 11.5. The lowest BCUT2D eigenvalue weighted by Gasteiger charge is -2.11. The summed E-state index contributed by atoms with van der Waals surface area (Å²) in [6.45, 7) is 0.0848. The molecule has 1 aromatic carbocycles. The molecule has 0 spiro atoms. The number of benzene rings is 1. The van der Waals surface area contributed by atoms with E-state index in [1.807, 2.05) is 6.07 Å². The molecule has 4 heteroatoms. The van der Waals surface area contributed by atoms with Crippen LogP contribution in [0.15, 0.2) is 24.3 Å². The molecule has 4 nitrogen and oxygen atoms in total. The van der Waals surface area contributed by atoms with Crippen LogP contribution >= 0.6 is 0 Å². The number of anilines is 1. The largest absolute Gasteiger partial charge is 0.368 e. The van der Waals surface area contributed by atoms with Gasteiger partial charge >= 0.3 is 0 Å². The summed E-state index contributed by atoms with van der Waals surface area (Å²) in [6.07, 6.45) is 4.72. The Morgan fingerprint density at radius 3 is 2.94 bits per heavy atom. The van der Waals surface area contributed by atoms with Gasteiger partial charge in [-0.1, -0.05) is 18.9 Å². The number of rotatable bonds is 4. The summed E-state index contributed by atoms with van der Waals surface area (Å²) in [4.78, 5) is 11.6. The van der Waals surface area contributed by atoms with E-state index in [1.165, 1.54) is 12.8 Å². The van der Waals surface area contributed by atoms with Gasteiger partial charge < -0.3 is 10.1 Å². The number of amides is 1. The normalized spacial score (nSPS) is 15.3. The summed E-state index contributed by atoms with van der Waals surface area (Å²) in [5.41, 5.74) is 1.17. The molecular formula is C14H16N2O2. The third-order valence-corrected chi connectivity index (χ3v) is 3.03. The minimum atomic E-state index is -0.169. The Balaban J connectivity index is 1.81. The fraction of sp³-hybridized carbons (Fsp3) is 0.429. The van der Waals surface area contributed by atoms with Crippen molar-refractivity contribution in [2.45, 2.75) is 31.8 Å². The number of nitrogens with zero attached hydrogens (tertiary/aromatic N) is 1. The topological polar surface area (TPSA) is 62.1 Å². The lowest BCUT2D eigenvalue weighted by Crippen LogP contribution is -2.21. The van der Waals surface area contributed by atoms with Gasteiger partial charge in [0.2, 0.25) is 5.91 Å². The van der Waals surface area contributed by atoms with Crippen LogP contribution in [0.25, 0.3) is 0 Å². The van der Waals surface area contributed by atoms with Crippen LogP contribution in [0.2, 0.25) is 0 Å². The van der Waals surface area contributed by atoms with Crippen molar-refractivity contribution in [3.8, 4) is 6.07 Å². The first-order valence-electron chi connectivity index (χ1n) is 6.19. The monoisotopic (exact) mass is 244 g/mol. The van der Waals surface area contributed by atoms with E-state index < -0.39 is 0 Å². The number of carbonyl (C=O) groups excluding carboxylic acids is 1. The van der Waals surface area contributed by atoms with Gasteiger partial charge in [0.25, 0.3) is 0 Å². The Labute approximate surface area is 107 Å². The number of hydrogen-bond acceptors (Lipinski definition) is 3. The molecule has 2 rings (SSSR count). The lowest BCUT2D eigenvalue weighted by atomic mass is 10.2. The SMILES string of the molecule is N#Cc1cccc(NC(=O)COC2CCCC2)c1. The number of nitrogens with one attached hydrogen (secondary N) is 1. The third-order valence-electron chi connectivity index (χ3n) is 3.03. The highest BCUT2D eigenvalue weighted by Crippen LogP contribution is 2.20. The van der Waals surface area contributed by atoms with Crippen molar-refractivity contribution in [1.29, 1.82) is 5.26 Å². The van der Waals surface area contributed by atoms with Gasteiger partial charge in [-0.25, -0.2) is 0 Å². The Kier molecular flexibility index (Phi) is 4.32. The van der Waals surface area contributed by atoms with Gasteiger partial charge in [-0.05, 0) is 31.0 Å². The smallest absolute Gasteiger partial charge is 0.250 e. The molecule has 1 saturated carbocycles. The van der Waals surface area contributed by atoms with Crippen molar-refractivity contribution in [2.75, 3.05) is 11.9 Å². The van der Waals surface area contributed by atoms with E-state index in [-0.39, 0.29) is 18.6 Å². The van der Waals surface area contributed by atoms with Crippen molar-refractivity contribution in [1.82, 2.24) is 0 Å². The molecule has 1 aliphatic carbocycles. The predicted octanol–water partition coefficient (Wildman–Crippen LogP) is 2.46. The highest BCUT2D eigenvalue weighted by molar-refractivity contribution is 5.91. The molecule has 0 saturated heterocycles. The van der Waals surface area contributed by atoms with Crippen LogP contribution in [-0.4, -0.2) is 18.6 Å². The molecule has 1 N–H and O–H groups in total. The maximum atomic E-state index is 11.6. The summed E-state index contributed by atoms with van der Waals surface area (Å²) >= 11 is 0. The van der Waals surface area contributed by atoms with Crippen molar-refractivity contribution >= 4 is 11.6 Å². The van der Waals surface area contributed by atoms with Crippen molar-refractivity contribution in [3.05, 3.63) is 29.8 Å². The second-order valence-electron chi connectivity index (χ2n) is 4.46. The van der Waals surface area contributed by atoms with E-state index in [0.29, 0.717) is 11.3 Å². The van der Waals surface area contributed by atoms with Gasteiger partial charge in [0.05, 0.1) is 17.7 Å². The van der Waals surface area contributed by atoms with Gasteiger partial charge in [0.1, 0.15) is 6.61 Å². The van der Waals surface area contributed by atoms with E-state index >= 15 is 0 Å². The minimum Gasteiger partial charge on any atom is -0.368 e. The van der Waals surface area contributed by atoms with E-state index in [9.17, 15) is 4.79 Å². The highest BCUT2D eigenvalue weighted by atomic mass is 16.5. The van der Waals surface area contributed by atoms with E-state index in [2.05, 4.69) is 5.32 Å². The zero-order chi connectivity index (χ0) is 12.8. The maximum absolute atomic E-state index is 11.6. The Morgan fingerprint density at radius 1 is 1.44 bits per heavy atom. The van der Waals surface area contributed by atoms with E-state index in [1.54, 1.807) is 24.3 Å². The predicted molar refractivity (Wildman–Crippen MR) is 68.0 cm³/mol. The zero-order valence-electron chi connectivity index (χ0n) is 10.2. The maximum Gasteiger partial charge on any atom is 0.250 e. The second-order valence-corrected chi connectivity index (χ2v) is 4.46.